The maximum atomic E-state index is 6.14. The summed E-state index contributed by atoms with van der Waals surface area (Å²) in [5, 5.41) is 6.97. The van der Waals surface area contributed by atoms with Crippen molar-refractivity contribution in [3.63, 3.8) is 0 Å². The van der Waals surface area contributed by atoms with Gasteiger partial charge in [-0.1, -0.05) is 32.9 Å². The Kier molecular flexibility index (Phi) is 4.01. The Labute approximate surface area is 117 Å². The largest absolute Gasteiger partial charge is 0.339 e. The van der Waals surface area contributed by atoms with Crippen molar-refractivity contribution in [1.29, 1.82) is 0 Å². The molecule has 104 valence electrons. The molecule has 0 radical (unpaired) electrons. The van der Waals surface area contributed by atoms with Crippen molar-refractivity contribution in [1.82, 2.24) is 15.1 Å². The average molecular weight is 280 g/mol. The molecule has 2 aromatic heterocycles. The molecule has 0 bridgehead atoms. The average Bonchev–Trinajstić information content (AvgIpc) is 2.96. The van der Waals surface area contributed by atoms with E-state index in [-0.39, 0.29) is 5.41 Å². The van der Waals surface area contributed by atoms with Gasteiger partial charge in [-0.05, 0) is 6.42 Å². The maximum Gasteiger partial charge on any atom is 0.226 e. The van der Waals surface area contributed by atoms with E-state index >= 15 is 0 Å². The summed E-state index contributed by atoms with van der Waals surface area (Å²) < 4.78 is 5.16. The highest BCUT2D eigenvalue weighted by Crippen LogP contribution is 2.28. The van der Waals surface area contributed by atoms with Gasteiger partial charge in [0, 0.05) is 17.2 Å². The molecule has 0 amide bonds. The first kappa shape index (κ1) is 14.1. The van der Waals surface area contributed by atoms with Gasteiger partial charge in [0.2, 0.25) is 5.89 Å². The molecule has 0 aromatic carbocycles. The van der Waals surface area contributed by atoms with Gasteiger partial charge >= 0.3 is 0 Å². The summed E-state index contributed by atoms with van der Waals surface area (Å²) in [6, 6.07) is -0.415. The van der Waals surface area contributed by atoms with E-state index in [9.17, 15) is 0 Å². The molecule has 1 unspecified atom stereocenters. The molecule has 0 aliphatic rings. The number of aromatic nitrogens is 3. The molecule has 0 spiro atoms. The van der Waals surface area contributed by atoms with Crippen LogP contribution in [0.4, 0.5) is 0 Å². The molecule has 2 aromatic rings. The minimum absolute atomic E-state index is 0.0350. The van der Waals surface area contributed by atoms with Crippen molar-refractivity contribution in [3.05, 3.63) is 27.8 Å². The van der Waals surface area contributed by atoms with Gasteiger partial charge in [0.05, 0.1) is 10.7 Å². The predicted octanol–water partition coefficient (Wildman–Crippen LogP) is 2.82. The van der Waals surface area contributed by atoms with Crippen molar-refractivity contribution >= 4 is 11.3 Å². The van der Waals surface area contributed by atoms with Gasteiger partial charge in [0.25, 0.3) is 0 Å². The summed E-state index contributed by atoms with van der Waals surface area (Å²) in [6.07, 6.45) is 1.76. The van der Waals surface area contributed by atoms with Crippen molar-refractivity contribution in [3.8, 4) is 0 Å². The van der Waals surface area contributed by atoms with Crippen LogP contribution < -0.4 is 5.73 Å². The highest BCUT2D eigenvalue weighted by Gasteiger charge is 2.23. The number of thiazole rings is 1. The second-order valence-corrected chi connectivity index (χ2v) is 6.46. The van der Waals surface area contributed by atoms with Crippen molar-refractivity contribution in [2.24, 2.45) is 5.73 Å². The summed E-state index contributed by atoms with van der Waals surface area (Å²) in [5.74, 6) is 1.15. The van der Waals surface area contributed by atoms with Crippen LogP contribution >= 0.6 is 11.3 Å². The van der Waals surface area contributed by atoms with Crippen LogP contribution in [0, 0.1) is 0 Å². The summed E-state index contributed by atoms with van der Waals surface area (Å²) in [4.78, 5) is 8.89. The third-order valence-electron chi connectivity index (χ3n) is 2.71. The minimum atomic E-state index is -0.415. The molecule has 0 saturated heterocycles. The lowest BCUT2D eigenvalue weighted by atomic mass is 9.98. The fraction of sp³-hybridized carbons (Fsp3) is 0.615. The molecule has 2 N–H and O–H groups in total. The maximum absolute atomic E-state index is 6.14. The molecule has 0 aliphatic carbocycles. The third-order valence-corrected chi connectivity index (χ3v) is 3.99. The van der Waals surface area contributed by atoms with Crippen molar-refractivity contribution in [2.75, 3.05) is 0 Å². The quantitative estimate of drug-likeness (QED) is 0.931. The molecular weight excluding hydrogens is 260 g/mol. The van der Waals surface area contributed by atoms with Crippen LogP contribution in [-0.4, -0.2) is 15.1 Å². The zero-order chi connectivity index (χ0) is 14.0. The van der Waals surface area contributed by atoms with Crippen LogP contribution in [0.1, 0.15) is 62.6 Å². The van der Waals surface area contributed by atoms with Crippen LogP contribution in [-0.2, 0) is 11.8 Å². The number of hydrogen-bond acceptors (Lipinski definition) is 6. The highest BCUT2D eigenvalue weighted by atomic mass is 32.1. The summed E-state index contributed by atoms with van der Waals surface area (Å²) >= 11 is 1.62. The fourth-order valence-corrected chi connectivity index (χ4v) is 2.56. The zero-order valence-corrected chi connectivity index (χ0v) is 12.6. The second kappa shape index (κ2) is 5.38. The SMILES string of the molecule is CCCc1nc(C(N)c2csc(C(C)(C)C)n2)no1. The number of aryl methyl sites for hydroxylation is 1. The molecule has 0 fully saturated rings. The topological polar surface area (TPSA) is 77.8 Å². The Hall–Kier alpha value is -1.27. The molecule has 0 saturated carbocycles. The van der Waals surface area contributed by atoms with E-state index in [0.29, 0.717) is 11.7 Å². The Bertz CT molecular complexity index is 541. The van der Waals surface area contributed by atoms with E-state index in [2.05, 4.69) is 42.8 Å². The van der Waals surface area contributed by atoms with Crippen molar-refractivity contribution < 1.29 is 4.52 Å². The Morgan fingerprint density at radius 3 is 2.68 bits per heavy atom. The molecule has 6 heteroatoms. The lowest BCUT2D eigenvalue weighted by molar-refractivity contribution is 0.370. The Balaban J connectivity index is 2.18. The van der Waals surface area contributed by atoms with Crippen LogP contribution in [0.25, 0.3) is 0 Å². The highest BCUT2D eigenvalue weighted by molar-refractivity contribution is 7.09. The lowest BCUT2D eigenvalue weighted by Crippen LogP contribution is -2.16. The van der Waals surface area contributed by atoms with Crippen LogP contribution in [0.2, 0.25) is 0 Å². The molecule has 19 heavy (non-hydrogen) atoms. The van der Waals surface area contributed by atoms with E-state index in [1.807, 2.05) is 5.38 Å². The fourth-order valence-electron chi connectivity index (χ4n) is 1.62. The van der Waals surface area contributed by atoms with Crippen LogP contribution in [0.3, 0.4) is 0 Å². The van der Waals surface area contributed by atoms with Gasteiger partial charge in [-0.15, -0.1) is 11.3 Å². The van der Waals surface area contributed by atoms with Gasteiger partial charge in [-0.3, -0.25) is 0 Å². The first-order valence-corrected chi connectivity index (χ1v) is 7.33. The lowest BCUT2D eigenvalue weighted by Gasteiger charge is -2.13. The molecule has 1 atom stereocenters. The molecule has 0 aliphatic heterocycles. The molecule has 2 heterocycles. The molecular formula is C13H20N4OS. The normalized spacial score (nSPS) is 13.7. The molecule has 2 rings (SSSR count). The first-order valence-electron chi connectivity index (χ1n) is 6.45. The van der Waals surface area contributed by atoms with Gasteiger partial charge in [-0.2, -0.15) is 4.98 Å². The zero-order valence-electron chi connectivity index (χ0n) is 11.8. The van der Waals surface area contributed by atoms with Gasteiger partial charge in [-0.25, -0.2) is 4.98 Å². The summed E-state index contributed by atoms with van der Waals surface area (Å²) in [7, 11) is 0. The number of rotatable bonds is 4. The van der Waals surface area contributed by atoms with Crippen molar-refractivity contribution in [2.45, 2.75) is 52.0 Å². The molecule has 5 nitrogen and oxygen atoms in total. The van der Waals surface area contributed by atoms with Gasteiger partial charge in [0.1, 0.15) is 6.04 Å². The number of hydrogen-bond donors (Lipinski definition) is 1. The standard InChI is InChI=1S/C13H20N4OS/c1-5-6-9-16-11(17-18-9)10(14)8-7-19-12(15-8)13(2,3)4/h7,10H,5-6,14H2,1-4H3. The summed E-state index contributed by atoms with van der Waals surface area (Å²) in [5.41, 5.74) is 6.98. The van der Waals surface area contributed by atoms with Crippen LogP contribution in [0.5, 0.6) is 0 Å². The first-order chi connectivity index (χ1) is 8.91. The third kappa shape index (κ3) is 3.19. The predicted molar refractivity (Wildman–Crippen MR) is 75.1 cm³/mol. The van der Waals surface area contributed by atoms with E-state index in [1.165, 1.54) is 0 Å². The second-order valence-electron chi connectivity index (χ2n) is 5.60. The van der Waals surface area contributed by atoms with Gasteiger partial charge in [0.15, 0.2) is 5.82 Å². The Morgan fingerprint density at radius 1 is 1.37 bits per heavy atom. The van der Waals surface area contributed by atoms with E-state index in [1.54, 1.807) is 11.3 Å². The minimum Gasteiger partial charge on any atom is -0.339 e. The van der Waals surface area contributed by atoms with Gasteiger partial charge < -0.3 is 10.3 Å². The van der Waals surface area contributed by atoms with E-state index < -0.39 is 6.04 Å². The summed E-state index contributed by atoms with van der Waals surface area (Å²) in [6.45, 7) is 8.47. The smallest absolute Gasteiger partial charge is 0.226 e. The van der Waals surface area contributed by atoms with E-state index in [0.717, 1.165) is 23.5 Å². The number of nitrogens with two attached hydrogens (primary N) is 1. The number of nitrogens with zero attached hydrogens (tertiary/aromatic N) is 3. The monoisotopic (exact) mass is 280 g/mol. The Morgan fingerprint density at radius 2 is 2.11 bits per heavy atom. The van der Waals surface area contributed by atoms with Crippen LogP contribution in [0.15, 0.2) is 9.90 Å². The van der Waals surface area contributed by atoms with E-state index in [4.69, 9.17) is 10.3 Å².